The van der Waals surface area contributed by atoms with E-state index in [0.29, 0.717) is 0 Å². The third-order valence-electron chi connectivity index (χ3n) is 4.48. The summed E-state index contributed by atoms with van der Waals surface area (Å²) < 4.78 is 10.8. The van der Waals surface area contributed by atoms with Crippen LogP contribution in [0.1, 0.15) is 25.3 Å². The average molecular weight is 490 g/mol. The Bertz CT molecular complexity index is 536. The van der Waals surface area contributed by atoms with E-state index in [0.717, 1.165) is 77.0 Å². The van der Waals surface area contributed by atoms with Crippen LogP contribution >= 0.6 is 24.0 Å². The van der Waals surface area contributed by atoms with Gasteiger partial charge in [0.2, 0.25) is 0 Å². The first-order valence-corrected chi connectivity index (χ1v) is 9.77. The van der Waals surface area contributed by atoms with Crippen LogP contribution in [-0.4, -0.2) is 70.5 Å². The van der Waals surface area contributed by atoms with Crippen LogP contribution in [0, 0.1) is 0 Å². The minimum absolute atomic E-state index is 0. The molecule has 0 aliphatic carbocycles. The number of rotatable bonds is 10. The number of nitrogens with zero attached hydrogens (tertiary/aromatic N) is 2. The summed E-state index contributed by atoms with van der Waals surface area (Å²) in [6.45, 7) is 9.68. The molecule has 0 spiro atoms. The van der Waals surface area contributed by atoms with Crippen molar-refractivity contribution in [1.29, 1.82) is 0 Å². The molecule has 6 nitrogen and oxygen atoms in total. The van der Waals surface area contributed by atoms with Gasteiger partial charge in [-0.1, -0.05) is 18.2 Å². The number of morpholine rings is 1. The van der Waals surface area contributed by atoms with Gasteiger partial charge in [0, 0.05) is 32.7 Å². The number of unbranched alkanes of at least 4 members (excludes halogenated alkanes) is 1. The lowest BCUT2D eigenvalue weighted by Crippen LogP contribution is -2.38. The van der Waals surface area contributed by atoms with Crippen LogP contribution in [0.25, 0.3) is 0 Å². The Morgan fingerprint density at radius 3 is 2.70 bits per heavy atom. The van der Waals surface area contributed by atoms with E-state index >= 15 is 0 Å². The molecule has 0 radical (unpaired) electrons. The van der Waals surface area contributed by atoms with Crippen LogP contribution in [-0.2, 0) is 11.2 Å². The van der Waals surface area contributed by atoms with E-state index < -0.39 is 0 Å². The van der Waals surface area contributed by atoms with E-state index in [1.54, 1.807) is 7.11 Å². The molecule has 1 aliphatic rings. The molecule has 0 amide bonds. The summed E-state index contributed by atoms with van der Waals surface area (Å²) in [5, 5.41) is 6.74. The van der Waals surface area contributed by atoms with Crippen molar-refractivity contribution in [3.8, 4) is 5.75 Å². The molecule has 7 heteroatoms. The molecular weight excluding hydrogens is 455 g/mol. The zero-order valence-corrected chi connectivity index (χ0v) is 19.0. The molecule has 1 aromatic carbocycles. The van der Waals surface area contributed by atoms with E-state index in [1.165, 1.54) is 12.0 Å². The maximum absolute atomic E-state index is 5.41. The van der Waals surface area contributed by atoms with Gasteiger partial charge in [-0.3, -0.25) is 9.89 Å². The number of ether oxygens (including phenoxy) is 2. The third-order valence-corrected chi connectivity index (χ3v) is 4.48. The number of nitrogens with one attached hydrogen (secondary N) is 2. The fraction of sp³-hybridized carbons (Fsp3) is 0.650. The molecule has 1 aliphatic heterocycles. The molecule has 2 rings (SSSR count). The highest BCUT2D eigenvalue weighted by Gasteiger charge is 2.09. The van der Waals surface area contributed by atoms with Gasteiger partial charge >= 0.3 is 0 Å². The Kier molecular flexibility index (Phi) is 13.3. The van der Waals surface area contributed by atoms with Crippen LogP contribution in [0.3, 0.4) is 0 Å². The van der Waals surface area contributed by atoms with Gasteiger partial charge in [0.1, 0.15) is 5.75 Å². The summed E-state index contributed by atoms with van der Waals surface area (Å²) in [6, 6.07) is 8.16. The predicted molar refractivity (Wildman–Crippen MR) is 123 cm³/mol. The maximum Gasteiger partial charge on any atom is 0.191 e. The second-order valence-electron chi connectivity index (χ2n) is 6.41. The van der Waals surface area contributed by atoms with E-state index in [4.69, 9.17) is 9.47 Å². The number of guanidine groups is 1. The highest BCUT2D eigenvalue weighted by Crippen LogP contribution is 2.17. The van der Waals surface area contributed by atoms with Gasteiger partial charge in [-0.2, -0.15) is 0 Å². The number of methoxy groups -OCH3 is 1. The number of hydrogen-bond acceptors (Lipinski definition) is 4. The predicted octanol–water partition coefficient (Wildman–Crippen LogP) is 2.52. The molecule has 0 unspecified atom stereocenters. The first-order valence-electron chi connectivity index (χ1n) is 9.77. The zero-order valence-electron chi connectivity index (χ0n) is 16.7. The highest BCUT2D eigenvalue weighted by molar-refractivity contribution is 14.0. The topological polar surface area (TPSA) is 58.1 Å². The van der Waals surface area contributed by atoms with Gasteiger partial charge in [0.25, 0.3) is 0 Å². The number of benzene rings is 1. The third kappa shape index (κ3) is 9.62. The summed E-state index contributed by atoms with van der Waals surface area (Å²) in [7, 11) is 1.72. The van der Waals surface area contributed by atoms with Gasteiger partial charge in [0.15, 0.2) is 5.96 Å². The van der Waals surface area contributed by atoms with Crippen molar-refractivity contribution < 1.29 is 9.47 Å². The monoisotopic (exact) mass is 490 g/mol. The van der Waals surface area contributed by atoms with Gasteiger partial charge in [-0.05, 0) is 44.4 Å². The molecule has 0 saturated carbocycles. The quantitative estimate of drug-likeness (QED) is 0.229. The lowest BCUT2D eigenvalue weighted by atomic mass is 10.1. The highest BCUT2D eigenvalue weighted by atomic mass is 127. The van der Waals surface area contributed by atoms with Gasteiger partial charge in [-0.15, -0.1) is 24.0 Å². The van der Waals surface area contributed by atoms with Crippen molar-refractivity contribution >= 4 is 29.9 Å². The Morgan fingerprint density at radius 2 is 1.96 bits per heavy atom. The van der Waals surface area contributed by atoms with Gasteiger partial charge in [-0.25, -0.2) is 0 Å². The Balaban J connectivity index is 0.00000364. The zero-order chi connectivity index (χ0) is 18.5. The van der Waals surface area contributed by atoms with Crippen molar-refractivity contribution in [1.82, 2.24) is 15.5 Å². The van der Waals surface area contributed by atoms with Crippen molar-refractivity contribution in [2.45, 2.75) is 26.2 Å². The van der Waals surface area contributed by atoms with Crippen LogP contribution in [0.4, 0.5) is 0 Å². The number of hydrogen-bond donors (Lipinski definition) is 2. The minimum Gasteiger partial charge on any atom is -0.496 e. The normalized spacial score (nSPS) is 15.1. The molecule has 0 atom stereocenters. The molecular formula is C20H35IN4O2. The van der Waals surface area contributed by atoms with E-state index in [1.807, 2.05) is 18.2 Å². The summed E-state index contributed by atoms with van der Waals surface area (Å²) in [4.78, 5) is 7.17. The molecule has 1 saturated heterocycles. The lowest BCUT2D eigenvalue weighted by Gasteiger charge is -2.26. The van der Waals surface area contributed by atoms with Crippen molar-refractivity contribution in [2.75, 3.05) is 59.6 Å². The molecule has 1 heterocycles. The molecule has 1 fully saturated rings. The number of para-hydroxylation sites is 1. The summed E-state index contributed by atoms with van der Waals surface area (Å²) in [5.74, 6) is 1.84. The number of aliphatic imine (C=N–C) groups is 1. The summed E-state index contributed by atoms with van der Waals surface area (Å²) >= 11 is 0. The first kappa shape index (κ1) is 24.0. The summed E-state index contributed by atoms with van der Waals surface area (Å²) in [6.07, 6.45) is 3.20. The van der Waals surface area contributed by atoms with Gasteiger partial charge in [0.05, 0.1) is 20.3 Å². The molecule has 154 valence electrons. The smallest absolute Gasteiger partial charge is 0.191 e. The van der Waals surface area contributed by atoms with Crippen molar-refractivity contribution in [2.24, 2.45) is 4.99 Å². The van der Waals surface area contributed by atoms with Gasteiger partial charge < -0.3 is 20.1 Å². The average Bonchev–Trinajstić information content (AvgIpc) is 2.69. The second-order valence-corrected chi connectivity index (χ2v) is 6.41. The molecule has 0 bridgehead atoms. The van der Waals surface area contributed by atoms with Crippen LogP contribution in [0.5, 0.6) is 5.75 Å². The molecule has 27 heavy (non-hydrogen) atoms. The summed E-state index contributed by atoms with van der Waals surface area (Å²) in [5.41, 5.74) is 1.21. The largest absolute Gasteiger partial charge is 0.496 e. The Morgan fingerprint density at radius 1 is 1.19 bits per heavy atom. The van der Waals surface area contributed by atoms with Crippen molar-refractivity contribution in [3.05, 3.63) is 29.8 Å². The molecule has 1 aromatic rings. The fourth-order valence-electron chi connectivity index (χ4n) is 3.03. The Hall–Kier alpha value is -1.06. The SMILES string of the molecule is CCNC(=NCCCCN1CCOCC1)NCCc1ccccc1OC.I. The standard InChI is InChI=1S/C20H34N4O2.HI/c1-3-21-20(22-11-6-7-13-24-14-16-26-17-15-24)23-12-10-18-8-4-5-9-19(18)25-2;/h4-5,8-9H,3,6-7,10-17H2,1-2H3,(H2,21,22,23);1H. The van der Waals surface area contributed by atoms with E-state index in [9.17, 15) is 0 Å². The van der Waals surface area contributed by atoms with E-state index in [2.05, 4.69) is 33.5 Å². The number of halogens is 1. The van der Waals surface area contributed by atoms with Crippen LogP contribution in [0.15, 0.2) is 29.3 Å². The lowest BCUT2D eigenvalue weighted by molar-refractivity contribution is 0.0373. The van der Waals surface area contributed by atoms with Crippen LogP contribution < -0.4 is 15.4 Å². The van der Waals surface area contributed by atoms with Crippen molar-refractivity contribution in [3.63, 3.8) is 0 Å². The fourth-order valence-corrected chi connectivity index (χ4v) is 3.03. The maximum atomic E-state index is 5.41. The Labute approximate surface area is 181 Å². The second kappa shape index (κ2) is 14.9. The first-order chi connectivity index (χ1) is 12.8. The molecule has 2 N–H and O–H groups in total. The van der Waals surface area contributed by atoms with E-state index in [-0.39, 0.29) is 24.0 Å². The van der Waals surface area contributed by atoms with Crippen LogP contribution in [0.2, 0.25) is 0 Å². The molecule has 0 aromatic heterocycles. The minimum atomic E-state index is 0.